The Balaban J connectivity index is 2.08. The second-order valence-electron chi connectivity index (χ2n) is 4.48. The molecule has 0 heterocycles. The molecule has 0 saturated carbocycles. The zero-order chi connectivity index (χ0) is 13.9. The number of rotatable bonds is 10. The van der Waals surface area contributed by atoms with Crippen LogP contribution in [-0.2, 0) is 4.74 Å². The van der Waals surface area contributed by atoms with Crippen molar-refractivity contribution in [1.29, 1.82) is 0 Å². The van der Waals surface area contributed by atoms with Gasteiger partial charge in [-0.25, -0.2) is 0 Å². The lowest BCUT2D eigenvalue weighted by Crippen LogP contribution is -2.32. The quantitative estimate of drug-likeness (QED) is 0.634. The van der Waals surface area contributed by atoms with Gasteiger partial charge in [0.05, 0.1) is 0 Å². The number of aliphatic hydroxyl groups excluding tert-OH is 1. The van der Waals surface area contributed by atoms with Crippen molar-refractivity contribution in [2.45, 2.75) is 26.4 Å². The first-order valence-corrected chi connectivity index (χ1v) is 6.89. The Kier molecular flexibility index (Phi) is 8.21. The van der Waals surface area contributed by atoms with Crippen molar-refractivity contribution < 1.29 is 14.6 Å². The Labute approximate surface area is 115 Å². The highest BCUT2D eigenvalue weighted by Gasteiger charge is 2.05. The predicted molar refractivity (Wildman–Crippen MR) is 76.7 cm³/mol. The van der Waals surface area contributed by atoms with Crippen molar-refractivity contribution in [2.24, 2.45) is 0 Å². The highest BCUT2D eigenvalue weighted by molar-refractivity contribution is 5.31. The van der Waals surface area contributed by atoms with E-state index in [0.29, 0.717) is 13.2 Å². The Hall–Kier alpha value is -1.10. The van der Waals surface area contributed by atoms with E-state index in [0.717, 1.165) is 37.5 Å². The number of para-hydroxylation sites is 1. The molecule has 19 heavy (non-hydrogen) atoms. The van der Waals surface area contributed by atoms with E-state index in [-0.39, 0.29) is 0 Å². The number of aryl methyl sites for hydroxylation is 1. The van der Waals surface area contributed by atoms with E-state index < -0.39 is 6.10 Å². The van der Waals surface area contributed by atoms with E-state index in [4.69, 9.17) is 9.47 Å². The van der Waals surface area contributed by atoms with Crippen LogP contribution in [-0.4, -0.2) is 44.1 Å². The molecule has 1 atom stereocenters. The Bertz CT molecular complexity index is 344. The van der Waals surface area contributed by atoms with Gasteiger partial charge in [-0.3, -0.25) is 0 Å². The third kappa shape index (κ3) is 7.15. The molecule has 2 N–H and O–H groups in total. The molecule has 1 unspecified atom stereocenters. The lowest BCUT2D eigenvalue weighted by molar-refractivity contribution is 0.104. The lowest BCUT2D eigenvalue weighted by atomic mass is 10.2. The largest absolute Gasteiger partial charge is 0.491 e. The number of aliphatic hydroxyl groups is 1. The highest BCUT2D eigenvalue weighted by Crippen LogP contribution is 2.16. The van der Waals surface area contributed by atoms with E-state index in [1.807, 2.05) is 38.1 Å². The molecule has 0 saturated heterocycles. The average Bonchev–Trinajstić information content (AvgIpc) is 2.42. The first kappa shape index (κ1) is 16.0. The van der Waals surface area contributed by atoms with Crippen LogP contribution in [0.25, 0.3) is 0 Å². The molecular formula is C15H25NO3. The van der Waals surface area contributed by atoms with Crippen LogP contribution in [0.15, 0.2) is 24.3 Å². The summed E-state index contributed by atoms with van der Waals surface area (Å²) >= 11 is 0. The van der Waals surface area contributed by atoms with Crippen molar-refractivity contribution in [3.05, 3.63) is 29.8 Å². The minimum Gasteiger partial charge on any atom is -0.491 e. The number of benzene rings is 1. The van der Waals surface area contributed by atoms with Crippen molar-refractivity contribution in [2.75, 3.05) is 32.9 Å². The van der Waals surface area contributed by atoms with E-state index in [1.54, 1.807) is 0 Å². The average molecular weight is 267 g/mol. The van der Waals surface area contributed by atoms with Crippen LogP contribution in [0.2, 0.25) is 0 Å². The van der Waals surface area contributed by atoms with E-state index in [2.05, 4.69) is 5.32 Å². The number of nitrogens with one attached hydrogen (secondary N) is 1. The van der Waals surface area contributed by atoms with Gasteiger partial charge in [0.25, 0.3) is 0 Å². The van der Waals surface area contributed by atoms with Crippen molar-refractivity contribution in [3.8, 4) is 5.75 Å². The molecule has 4 heteroatoms. The molecule has 108 valence electrons. The standard InChI is InChI=1S/C15H25NO3/c1-3-18-10-6-9-16-11-14(17)12-19-15-8-5-4-7-13(15)2/h4-5,7-8,14,16-17H,3,6,9-12H2,1-2H3. The zero-order valence-electron chi connectivity index (χ0n) is 11.9. The Morgan fingerprint density at radius 3 is 2.84 bits per heavy atom. The van der Waals surface area contributed by atoms with Gasteiger partial charge in [-0.1, -0.05) is 18.2 Å². The maximum atomic E-state index is 9.79. The van der Waals surface area contributed by atoms with Gasteiger partial charge in [-0.15, -0.1) is 0 Å². The number of hydrogen-bond donors (Lipinski definition) is 2. The SMILES string of the molecule is CCOCCCNCC(O)COc1ccccc1C. The van der Waals surface area contributed by atoms with E-state index >= 15 is 0 Å². The summed E-state index contributed by atoms with van der Waals surface area (Å²) in [5, 5.41) is 13.0. The molecule has 1 aromatic carbocycles. The maximum absolute atomic E-state index is 9.79. The minimum absolute atomic E-state index is 0.309. The van der Waals surface area contributed by atoms with Gasteiger partial charge >= 0.3 is 0 Å². The third-order valence-corrected chi connectivity index (χ3v) is 2.75. The molecular weight excluding hydrogens is 242 g/mol. The Morgan fingerprint density at radius 1 is 1.32 bits per heavy atom. The molecule has 0 aliphatic heterocycles. The van der Waals surface area contributed by atoms with Crippen LogP contribution < -0.4 is 10.1 Å². The van der Waals surface area contributed by atoms with Gasteiger partial charge in [-0.05, 0) is 38.4 Å². The smallest absolute Gasteiger partial charge is 0.122 e. The third-order valence-electron chi connectivity index (χ3n) is 2.75. The molecule has 0 fully saturated rings. The second-order valence-corrected chi connectivity index (χ2v) is 4.48. The predicted octanol–water partition coefficient (Wildman–Crippen LogP) is 1.75. The van der Waals surface area contributed by atoms with E-state index in [9.17, 15) is 5.11 Å². The Morgan fingerprint density at radius 2 is 2.11 bits per heavy atom. The van der Waals surface area contributed by atoms with E-state index in [1.165, 1.54) is 0 Å². The zero-order valence-corrected chi connectivity index (χ0v) is 11.9. The summed E-state index contributed by atoms with van der Waals surface area (Å²) in [7, 11) is 0. The molecule has 0 spiro atoms. The maximum Gasteiger partial charge on any atom is 0.122 e. The lowest BCUT2D eigenvalue weighted by Gasteiger charge is -2.14. The molecule has 0 aliphatic rings. The second kappa shape index (κ2) is 9.78. The number of hydrogen-bond acceptors (Lipinski definition) is 4. The van der Waals surface area contributed by atoms with Crippen molar-refractivity contribution >= 4 is 0 Å². The summed E-state index contributed by atoms with van der Waals surface area (Å²) < 4.78 is 10.8. The van der Waals surface area contributed by atoms with Crippen LogP contribution >= 0.6 is 0 Å². The van der Waals surface area contributed by atoms with Gasteiger partial charge in [0, 0.05) is 19.8 Å². The summed E-state index contributed by atoms with van der Waals surface area (Å²) in [5.74, 6) is 0.831. The molecule has 1 rings (SSSR count). The topological polar surface area (TPSA) is 50.7 Å². The molecule has 4 nitrogen and oxygen atoms in total. The molecule has 0 amide bonds. The van der Waals surface area contributed by atoms with Crippen LogP contribution in [0, 0.1) is 6.92 Å². The normalized spacial score (nSPS) is 12.4. The highest BCUT2D eigenvalue weighted by atomic mass is 16.5. The first-order valence-electron chi connectivity index (χ1n) is 6.89. The van der Waals surface area contributed by atoms with Gasteiger partial charge in [0.2, 0.25) is 0 Å². The van der Waals surface area contributed by atoms with Crippen LogP contribution in [0.5, 0.6) is 5.75 Å². The first-order chi connectivity index (χ1) is 9.24. The fraction of sp³-hybridized carbons (Fsp3) is 0.600. The fourth-order valence-corrected chi connectivity index (χ4v) is 1.68. The number of ether oxygens (including phenoxy) is 2. The molecule has 1 aromatic rings. The molecule has 0 aromatic heterocycles. The monoisotopic (exact) mass is 267 g/mol. The minimum atomic E-state index is -0.494. The van der Waals surface area contributed by atoms with Crippen molar-refractivity contribution in [3.63, 3.8) is 0 Å². The molecule has 0 bridgehead atoms. The van der Waals surface area contributed by atoms with Crippen molar-refractivity contribution in [1.82, 2.24) is 5.32 Å². The van der Waals surface area contributed by atoms with Crippen LogP contribution in [0.3, 0.4) is 0 Å². The van der Waals surface area contributed by atoms with Crippen LogP contribution in [0.4, 0.5) is 0 Å². The molecule has 0 radical (unpaired) electrons. The summed E-state index contributed by atoms with van der Waals surface area (Å²) in [6.45, 7) is 7.20. The van der Waals surface area contributed by atoms with Gasteiger partial charge < -0.3 is 19.9 Å². The van der Waals surface area contributed by atoms with Gasteiger partial charge in [0.1, 0.15) is 18.5 Å². The summed E-state index contributed by atoms with van der Waals surface area (Å²) in [5.41, 5.74) is 1.08. The fourth-order valence-electron chi connectivity index (χ4n) is 1.68. The van der Waals surface area contributed by atoms with Gasteiger partial charge in [0.15, 0.2) is 0 Å². The summed E-state index contributed by atoms with van der Waals surface area (Å²) in [6, 6.07) is 7.81. The van der Waals surface area contributed by atoms with Gasteiger partial charge in [-0.2, -0.15) is 0 Å². The molecule has 0 aliphatic carbocycles. The summed E-state index contributed by atoms with van der Waals surface area (Å²) in [4.78, 5) is 0. The van der Waals surface area contributed by atoms with Crippen LogP contribution in [0.1, 0.15) is 18.9 Å². The summed E-state index contributed by atoms with van der Waals surface area (Å²) in [6.07, 6.45) is 0.464.